The first-order valence-corrected chi connectivity index (χ1v) is 10.1. The van der Waals surface area contributed by atoms with Gasteiger partial charge in [0.05, 0.1) is 17.3 Å². The number of anilines is 1. The predicted molar refractivity (Wildman–Crippen MR) is 117 cm³/mol. The van der Waals surface area contributed by atoms with Gasteiger partial charge in [-0.05, 0) is 56.1 Å². The van der Waals surface area contributed by atoms with Crippen molar-refractivity contribution in [2.24, 2.45) is 12.8 Å². The average molecular weight is 389 g/mol. The van der Waals surface area contributed by atoms with Crippen LogP contribution in [0.25, 0.3) is 11.3 Å². The number of nitriles is 1. The molecule has 0 radical (unpaired) electrons. The SMILES string of the molecule is CCN(CC)c1cc(Cc2cc(C#N)ccc2-c2ccc(CCN)cn2)n(C)n1. The number of nitrogens with zero attached hydrogens (tertiary/aromatic N) is 5. The van der Waals surface area contributed by atoms with E-state index in [-0.39, 0.29) is 0 Å². The number of rotatable bonds is 8. The van der Waals surface area contributed by atoms with E-state index < -0.39 is 0 Å². The third-order valence-electron chi connectivity index (χ3n) is 5.19. The molecule has 29 heavy (non-hydrogen) atoms. The summed E-state index contributed by atoms with van der Waals surface area (Å²) in [4.78, 5) is 6.87. The van der Waals surface area contributed by atoms with Gasteiger partial charge in [-0.3, -0.25) is 9.67 Å². The minimum absolute atomic E-state index is 0.610. The van der Waals surface area contributed by atoms with Gasteiger partial charge in [-0.15, -0.1) is 0 Å². The lowest BCUT2D eigenvalue weighted by atomic mass is 9.97. The Morgan fingerprint density at radius 2 is 1.93 bits per heavy atom. The Kier molecular flexibility index (Phi) is 6.63. The van der Waals surface area contributed by atoms with Crippen LogP contribution in [0.5, 0.6) is 0 Å². The zero-order valence-electron chi connectivity index (χ0n) is 17.4. The highest BCUT2D eigenvalue weighted by Crippen LogP contribution is 2.27. The quantitative estimate of drug-likeness (QED) is 0.640. The van der Waals surface area contributed by atoms with Crippen LogP contribution in [0, 0.1) is 11.3 Å². The van der Waals surface area contributed by atoms with Crippen molar-refractivity contribution in [3.05, 3.63) is 65.0 Å². The van der Waals surface area contributed by atoms with Crippen molar-refractivity contribution in [3.63, 3.8) is 0 Å². The number of hydrogen-bond donors (Lipinski definition) is 1. The third-order valence-corrected chi connectivity index (χ3v) is 5.19. The smallest absolute Gasteiger partial charge is 0.150 e. The second-order valence-electron chi connectivity index (χ2n) is 7.04. The Morgan fingerprint density at radius 3 is 2.55 bits per heavy atom. The zero-order chi connectivity index (χ0) is 20.8. The molecule has 0 aliphatic rings. The molecule has 2 aromatic heterocycles. The fourth-order valence-corrected chi connectivity index (χ4v) is 3.51. The van der Waals surface area contributed by atoms with Crippen LogP contribution < -0.4 is 10.6 Å². The highest BCUT2D eigenvalue weighted by molar-refractivity contribution is 5.66. The molecule has 150 valence electrons. The molecule has 1 aromatic carbocycles. The van der Waals surface area contributed by atoms with Crippen LogP contribution in [0.2, 0.25) is 0 Å². The lowest BCUT2D eigenvalue weighted by Gasteiger charge is -2.16. The lowest BCUT2D eigenvalue weighted by molar-refractivity contribution is 0.712. The van der Waals surface area contributed by atoms with E-state index in [9.17, 15) is 5.26 Å². The molecule has 6 nitrogen and oxygen atoms in total. The Hall–Kier alpha value is -3.17. The number of aromatic nitrogens is 3. The molecule has 2 N–H and O–H groups in total. The third kappa shape index (κ3) is 4.64. The van der Waals surface area contributed by atoms with E-state index in [0.29, 0.717) is 18.5 Å². The number of hydrogen-bond acceptors (Lipinski definition) is 5. The van der Waals surface area contributed by atoms with Gasteiger partial charge in [0.25, 0.3) is 0 Å². The molecule has 3 rings (SSSR count). The van der Waals surface area contributed by atoms with Gasteiger partial charge >= 0.3 is 0 Å². The first-order valence-electron chi connectivity index (χ1n) is 10.1. The van der Waals surface area contributed by atoms with Crippen molar-refractivity contribution in [1.29, 1.82) is 5.26 Å². The van der Waals surface area contributed by atoms with Crippen LogP contribution in [-0.4, -0.2) is 34.4 Å². The number of nitrogens with two attached hydrogens (primary N) is 1. The van der Waals surface area contributed by atoms with Crippen LogP contribution in [0.4, 0.5) is 5.82 Å². The van der Waals surface area contributed by atoms with E-state index in [1.165, 1.54) is 0 Å². The van der Waals surface area contributed by atoms with Crippen LogP contribution in [0.3, 0.4) is 0 Å². The summed E-state index contributed by atoms with van der Waals surface area (Å²) in [7, 11) is 1.97. The van der Waals surface area contributed by atoms with E-state index in [2.05, 4.69) is 47.0 Å². The molecule has 0 aliphatic carbocycles. The fraction of sp³-hybridized carbons (Fsp3) is 0.348. The molecular weight excluding hydrogens is 360 g/mol. The summed E-state index contributed by atoms with van der Waals surface area (Å²) in [5.74, 6) is 0.981. The van der Waals surface area contributed by atoms with Gasteiger partial charge in [-0.25, -0.2) is 0 Å². The minimum Gasteiger partial charge on any atom is -0.356 e. The van der Waals surface area contributed by atoms with Crippen molar-refractivity contribution in [2.45, 2.75) is 26.7 Å². The van der Waals surface area contributed by atoms with Gasteiger partial charge < -0.3 is 10.6 Å². The molecule has 0 unspecified atom stereocenters. The van der Waals surface area contributed by atoms with Gasteiger partial charge in [0.1, 0.15) is 0 Å². The van der Waals surface area contributed by atoms with Crippen LogP contribution in [0.15, 0.2) is 42.6 Å². The molecular formula is C23H28N6. The Morgan fingerprint density at radius 1 is 1.14 bits per heavy atom. The molecule has 3 aromatic rings. The van der Waals surface area contributed by atoms with E-state index in [1.54, 1.807) is 0 Å². The normalized spacial score (nSPS) is 10.7. The van der Waals surface area contributed by atoms with Crippen LogP contribution >= 0.6 is 0 Å². The van der Waals surface area contributed by atoms with Crippen molar-refractivity contribution >= 4 is 5.82 Å². The molecule has 0 fully saturated rings. The summed E-state index contributed by atoms with van der Waals surface area (Å²) in [5.41, 5.74) is 11.5. The summed E-state index contributed by atoms with van der Waals surface area (Å²) in [5, 5.41) is 14.1. The van der Waals surface area contributed by atoms with Crippen molar-refractivity contribution < 1.29 is 0 Å². The Balaban J connectivity index is 1.97. The maximum Gasteiger partial charge on any atom is 0.150 e. The molecule has 0 amide bonds. The summed E-state index contributed by atoms with van der Waals surface area (Å²) in [6.45, 7) is 6.71. The van der Waals surface area contributed by atoms with Crippen LogP contribution in [0.1, 0.15) is 36.2 Å². The Labute approximate surface area is 172 Å². The zero-order valence-corrected chi connectivity index (χ0v) is 17.4. The monoisotopic (exact) mass is 388 g/mol. The summed E-state index contributed by atoms with van der Waals surface area (Å²) in [6, 6.07) is 14.3. The number of pyridine rings is 1. The van der Waals surface area contributed by atoms with Gasteiger partial charge in [0, 0.05) is 50.1 Å². The lowest BCUT2D eigenvalue weighted by Crippen LogP contribution is -2.22. The molecule has 0 spiro atoms. The molecule has 0 saturated heterocycles. The first kappa shape index (κ1) is 20.6. The maximum atomic E-state index is 9.38. The van der Waals surface area contributed by atoms with Gasteiger partial charge in [0.2, 0.25) is 0 Å². The van der Waals surface area contributed by atoms with Crippen molar-refractivity contribution in [1.82, 2.24) is 14.8 Å². The fourth-order valence-electron chi connectivity index (χ4n) is 3.51. The highest BCUT2D eigenvalue weighted by Gasteiger charge is 2.14. The standard InChI is InChI=1S/C23H28N6/c1-4-29(5-2)23-14-20(28(3)27-23)13-19-12-18(15-25)6-8-21(19)22-9-7-17(10-11-24)16-26-22/h6-9,12,14,16H,4-5,10-11,13,24H2,1-3H3. The van der Waals surface area contributed by atoms with E-state index in [1.807, 2.05) is 42.2 Å². The topological polar surface area (TPSA) is 83.8 Å². The molecule has 2 heterocycles. The second kappa shape index (κ2) is 9.35. The molecule has 6 heteroatoms. The second-order valence-corrected chi connectivity index (χ2v) is 7.04. The first-order chi connectivity index (χ1) is 14.1. The molecule has 0 aliphatic heterocycles. The molecule has 0 saturated carbocycles. The predicted octanol–water partition coefficient (Wildman–Crippen LogP) is 3.29. The van der Waals surface area contributed by atoms with Gasteiger partial charge in [-0.1, -0.05) is 12.1 Å². The van der Waals surface area contributed by atoms with E-state index in [4.69, 9.17) is 5.73 Å². The summed E-state index contributed by atoms with van der Waals surface area (Å²) >= 11 is 0. The minimum atomic E-state index is 0.610. The van der Waals surface area contributed by atoms with Gasteiger partial charge in [0.15, 0.2) is 5.82 Å². The van der Waals surface area contributed by atoms with E-state index in [0.717, 1.165) is 53.4 Å². The maximum absolute atomic E-state index is 9.38. The van der Waals surface area contributed by atoms with Gasteiger partial charge in [-0.2, -0.15) is 10.4 Å². The van der Waals surface area contributed by atoms with Crippen LogP contribution in [-0.2, 0) is 19.9 Å². The highest BCUT2D eigenvalue weighted by atomic mass is 15.3. The number of aryl methyl sites for hydroxylation is 1. The van der Waals surface area contributed by atoms with E-state index >= 15 is 0 Å². The summed E-state index contributed by atoms with van der Waals surface area (Å²) < 4.78 is 1.92. The molecule has 0 atom stereocenters. The Bertz CT molecular complexity index is 993. The summed E-state index contributed by atoms with van der Waals surface area (Å²) in [6.07, 6.45) is 3.38. The largest absolute Gasteiger partial charge is 0.356 e. The van der Waals surface area contributed by atoms with Crippen molar-refractivity contribution in [3.8, 4) is 17.3 Å². The number of benzene rings is 1. The van der Waals surface area contributed by atoms with Crippen molar-refractivity contribution in [2.75, 3.05) is 24.5 Å². The molecule has 0 bridgehead atoms. The average Bonchev–Trinajstić information content (AvgIpc) is 3.10.